The summed E-state index contributed by atoms with van der Waals surface area (Å²) in [5.74, 6) is 1.79. The molecular weight excluding hydrogens is 242 g/mol. The quantitative estimate of drug-likeness (QED) is 0.759. The summed E-state index contributed by atoms with van der Waals surface area (Å²) in [6.45, 7) is 0.861. The minimum absolute atomic E-state index is 0.861. The summed E-state index contributed by atoms with van der Waals surface area (Å²) >= 11 is 1.69. The Balaban J connectivity index is 2.18. The van der Waals surface area contributed by atoms with Gasteiger partial charge < -0.3 is 9.64 Å². The molecule has 0 saturated carbocycles. The van der Waals surface area contributed by atoms with Gasteiger partial charge in [-0.05, 0) is 43.8 Å². The van der Waals surface area contributed by atoms with Crippen molar-refractivity contribution < 1.29 is 4.74 Å². The van der Waals surface area contributed by atoms with E-state index in [2.05, 4.69) is 22.4 Å². The van der Waals surface area contributed by atoms with Gasteiger partial charge in [-0.2, -0.15) is 0 Å². The average Bonchev–Trinajstić information content (AvgIpc) is 2.89. The second-order valence-electron chi connectivity index (χ2n) is 4.22. The summed E-state index contributed by atoms with van der Waals surface area (Å²) in [5, 5.41) is 2.06. The van der Waals surface area contributed by atoms with E-state index in [4.69, 9.17) is 4.74 Å². The van der Waals surface area contributed by atoms with Crippen LogP contribution in [0.2, 0.25) is 0 Å². The molecule has 0 saturated heterocycles. The van der Waals surface area contributed by atoms with Gasteiger partial charge in [0.15, 0.2) is 0 Å². The van der Waals surface area contributed by atoms with E-state index >= 15 is 0 Å². The van der Waals surface area contributed by atoms with E-state index < -0.39 is 0 Å². The number of hydrogen-bond donors (Lipinski definition) is 0. The molecule has 3 heteroatoms. The highest BCUT2D eigenvalue weighted by atomic mass is 32.1. The summed E-state index contributed by atoms with van der Waals surface area (Å²) in [6.07, 6.45) is 2.11. The lowest BCUT2D eigenvalue weighted by Crippen LogP contribution is -2.11. The summed E-state index contributed by atoms with van der Waals surface area (Å²) < 4.78 is 5.95. The Labute approximate surface area is 112 Å². The Morgan fingerprint density at radius 1 is 1.17 bits per heavy atom. The van der Waals surface area contributed by atoms with E-state index in [-0.39, 0.29) is 0 Å². The van der Waals surface area contributed by atoms with Crippen LogP contribution in [0.25, 0.3) is 5.76 Å². The van der Waals surface area contributed by atoms with Gasteiger partial charge in [-0.3, -0.25) is 0 Å². The van der Waals surface area contributed by atoms with Crippen LogP contribution in [0.5, 0.6) is 5.75 Å². The number of rotatable bonds is 5. The Bertz CT molecular complexity index is 488. The van der Waals surface area contributed by atoms with Gasteiger partial charge in [-0.1, -0.05) is 24.3 Å². The van der Waals surface area contributed by atoms with E-state index in [0.717, 1.165) is 22.9 Å². The van der Waals surface area contributed by atoms with Crippen LogP contribution >= 0.6 is 11.3 Å². The predicted molar refractivity (Wildman–Crippen MR) is 77.9 cm³/mol. The third-order valence-electron chi connectivity index (χ3n) is 2.38. The maximum absolute atomic E-state index is 5.95. The van der Waals surface area contributed by atoms with Crippen molar-refractivity contribution in [1.29, 1.82) is 0 Å². The number of nitrogens with zero attached hydrogens (tertiary/aromatic N) is 1. The monoisotopic (exact) mass is 259 g/mol. The highest BCUT2D eigenvalue weighted by Gasteiger charge is 2.05. The molecule has 0 bridgehead atoms. The number of para-hydroxylation sites is 1. The Morgan fingerprint density at radius 3 is 2.56 bits per heavy atom. The molecule has 0 radical (unpaired) electrons. The summed E-state index contributed by atoms with van der Waals surface area (Å²) in [6, 6.07) is 14.0. The fourth-order valence-corrected chi connectivity index (χ4v) is 2.19. The molecule has 2 nitrogen and oxygen atoms in total. The molecule has 2 rings (SSSR count). The minimum atomic E-state index is 0.861. The maximum Gasteiger partial charge on any atom is 0.141 e. The second-order valence-corrected chi connectivity index (χ2v) is 5.17. The molecule has 94 valence electrons. The van der Waals surface area contributed by atoms with Crippen molar-refractivity contribution in [2.24, 2.45) is 0 Å². The zero-order valence-electron chi connectivity index (χ0n) is 10.7. The van der Waals surface area contributed by atoms with Crippen molar-refractivity contribution in [1.82, 2.24) is 4.90 Å². The first-order chi connectivity index (χ1) is 8.75. The van der Waals surface area contributed by atoms with Gasteiger partial charge in [0.05, 0.1) is 4.88 Å². The van der Waals surface area contributed by atoms with Crippen LogP contribution in [0.3, 0.4) is 0 Å². The molecule has 0 atom stereocenters. The number of hydrogen-bond acceptors (Lipinski definition) is 3. The average molecular weight is 259 g/mol. The molecule has 0 N–H and O–H groups in total. The van der Waals surface area contributed by atoms with E-state index in [9.17, 15) is 0 Å². The van der Waals surface area contributed by atoms with Gasteiger partial charge in [-0.15, -0.1) is 11.3 Å². The lowest BCUT2D eigenvalue weighted by atomic mass is 10.3. The van der Waals surface area contributed by atoms with Gasteiger partial charge in [0.25, 0.3) is 0 Å². The van der Waals surface area contributed by atoms with Crippen LogP contribution in [-0.4, -0.2) is 25.5 Å². The summed E-state index contributed by atoms with van der Waals surface area (Å²) in [7, 11) is 4.09. The number of likely N-dealkylation sites (N-methyl/N-ethyl adjacent to an activating group) is 1. The van der Waals surface area contributed by atoms with E-state index in [1.165, 1.54) is 0 Å². The van der Waals surface area contributed by atoms with Gasteiger partial charge in [0.1, 0.15) is 11.5 Å². The number of thiophene rings is 1. The first kappa shape index (κ1) is 12.9. The molecule has 2 aromatic rings. The number of benzene rings is 1. The molecule has 18 heavy (non-hydrogen) atoms. The molecule has 0 spiro atoms. The maximum atomic E-state index is 5.95. The van der Waals surface area contributed by atoms with Crippen LogP contribution in [0.4, 0.5) is 0 Å². The van der Waals surface area contributed by atoms with Gasteiger partial charge in [-0.25, -0.2) is 0 Å². The molecule has 0 fully saturated rings. The van der Waals surface area contributed by atoms with Crippen LogP contribution in [0, 0.1) is 0 Å². The van der Waals surface area contributed by atoms with Crippen molar-refractivity contribution in [2.75, 3.05) is 20.6 Å². The molecule has 0 unspecified atom stereocenters. The van der Waals surface area contributed by atoms with Crippen molar-refractivity contribution in [3.63, 3.8) is 0 Å². The largest absolute Gasteiger partial charge is 0.456 e. The Hall–Kier alpha value is -1.58. The molecule has 0 amide bonds. The Kier molecular flexibility index (Phi) is 4.56. The predicted octanol–water partition coefficient (Wildman–Crippen LogP) is 3.73. The van der Waals surface area contributed by atoms with Crippen LogP contribution < -0.4 is 4.74 Å². The topological polar surface area (TPSA) is 12.5 Å². The fourth-order valence-electron chi connectivity index (χ4n) is 1.49. The highest BCUT2D eigenvalue weighted by molar-refractivity contribution is 7.11. The smallest absolute Gasteiger partial charge is 0.141 e. The standard InChI is InChI=1S/C15H17NOS/c1-16(2)11-10-14(15-9-6-12-18-15)17-13-7-4-3-5-8-13/h3-10,12H,11H2,1-2H3. The SMILES string of the molecule is CN(C)CC=C(Oc1ccccc1)c1cccs1. The molecule has 1 heterocycles. The third kappa shape index (κ3) is 3.72. The minimum Gasteiger partial charge on any atom is -0.456 e. The number of ether oxygens (including phenoxy) is 1. The zero-order valence-corrected chi connectivity index (χ0v) is 11.5. The first-order valence-corrected chi connectivity index (χ1v) is 6.75. The van der Waals surface area contributed by atoms with Crippen molar-refractivity contribution in [2.45, 2.75) is 0 Å². The second kappa shape index (κ2) is 6.38. The lowest BCUT2D eigenvalue weighted by molar-refractivity contribution is 0.448. The van der Waals surface area contributed by atoms with Crippen molar-refractivity contribution in [3.8, 4) is 5.75 Å². The lowest BCUT2D eigenvalue weighted by Gasteiger charge is -2.11. The molecule has 0 aliphatic rings. The van der Waals surface area contributed by atoms with E-state index in [0.29, 0.717) is 0 Å². The molecule has 1 aromatic heterocycles. The first-order valence-electron chi connectivity index (χ1n) is 5.87. The van der Waals surface area contributed by atoms with Gasteiger partial charge in [0, 0.05) is 6.54 Å². The molecular formula is C15H17NOS. The van der Waals surface area contributed by atoms with Crippen molar-refractivity contribution in [3.05, 3.63) is 58.8 Å². The molecule has 1 aromatic carbocycles. The van der Waals surface area contributed by atoms with Crippen LogP contribution in [0.1, 0.15) is 4.88 Å². The summed E-state index contributed by atoms with van der Waals surface area (Å²) in [5.41, 5.74) is 0. The van der Waals surface area contributed by atoms with Crippen LogP contribution in [-0.2, 0) is 0 Å². The Morgan fingerprint density at radius 2 is 1.94 bits per heavy atom. The van der Waals surface area contributed by atoms with Crippen molar-refractivity contribution >= 4 is 17.1 Å². The zero-order chi connectivity index (χ0) is 12.8. The normalized spacial score (nSPS) is 11.8. The highest BCUT2D eigenvalue weighted by Crippen LogP contribution is 2.24. The van der Waals surface area contributed by atoms with Gasteiger partial charge >= 0.3 is 0 Å². The summed E-state index contributed by atoms with van der Waals surface area (Å²) in [4.78, 5) is 3.27. The van der Waals surface area contributed by atoms with E-state index in [1.54, 1.807) is 11.3 Å². The van der Waals surface area contributed by atoms with Crippen LogP contribution in [0.15, 0.2) is 53.9 Å². The third-order valence-corrected chi connectivity index (χ3v) is 3.26. The molecule has 0 aliphatic carbocycles. The van der Waals surface area contributed by atoms with E-state index in [1.807, 2.05) is 50.5 Å². The fraction of sp³-hybridized carbons (Fsp3) is 0.200. The van der Waals surface area contributed by atoms with Gasteiger partial charge in [0.2, 0.25) is 0 Å². The molecule has 0 aliphatic heterocycles.